The Morgan fingerprint density at radius 3 is 2.31 bits per heavy atom. The number of carbonyl (C=O) groups excluding carboxylic acids is 2. The van der Waals surface area contributed by atoms with Gasteiger partial charge >= 0.3 is 0 Å². The standard InChI is InChI=1S/C23H30N2O4/c1-28-18-3-4-19(20(9-18)29-2)25-13-17(8-21(25)26)22(27)24-23-10-14-5-15(11-23)7-16(6-14)12-23/h3-4,9,14-17H,5-8,10-13H2,1-2H3,(H,24,27)/t14?,15?,16?,17-,23?/m1/s1. The van der Waals surface area contributed by atoms with Crippen molar-refractivity contribution >= 4 is 17.5 Å². The van der Waals surface area contributed by atoms with Crippen molar-refractivity contribution < 1.29 is 19.1 Å². The van der Waals surface area contributed by atoms with E-state index in [1.54, 1.807) is 25.2 Å². The molecule has 6 heteroatoms. The number of anilines is 1. The van der Waals surface area contributed by atoms with Crippen LogP contribution in [0.2, 0.25) is 0 Å². The molecule has 1 aliphatic heterocycles. The summed E-state index contributed by atoms with van der Waals surface area (Å²) in [5.41, 5.74) is 0.684. The number of carbonyl (C=O) groups is 2. The van der Waals surface area contributed by atoms with Gasteiger partial charge in [-0.3, -0.25) is 9.59 Å². The first-order valence-corrected chi connectivity index (χ1v) is 10.8. The van der Waals surface area contributed by atoms with Crippen LogP contribution in [0, 0.1) is 23.7 Å². The molecular weight excluding hydrogens is 368 g/mol. The van der Waals surface area contributed by atoms with Crippen LogP contribution in [0.1, 0.15) is 44.9 Å². The zero-order chi connectivity index (χ0) is 20.2. The molecule has 29 heavy (non-hydrogen) atoms. The van der Waals surface area contributed by atoms with Gasteiger partial charge in [-0.2, -0.15) is 0 Å². The van der Waals surface area contributed by atoms with E-state index in [1.807, 2.05) is 12.1 Å². The molecule has 1 N–H and O–H groups in total. The second-order valence-electron chi connectivity index (χ2n) is 9.63. The number of ether oxygens (including phenoxy) is 2. The molecule has 4 saturated carbocycles. The molecule has 6 rings (SSSR count). The molecule has 2 amide bonds. The van der Waals surface area contributed by atoms with Crippen LogP contribution in [0.5, 0.6) is 11.5 Å². The predicted octanol–water partition coefficient (Wildman–Crippen LogP) is 3.14. The number of nitrogens with one attached hydrogen (secondary N) is 1. The maximum absolute atomic E-state index is 13.2. The molecule has 1 aromatic carbocycles. The van der Waals surface area contributed by atoms with Gasteiger partial charge in [0.05, 0.1) is 25.8 Å². The highest BCUT2D eigenvalue weighted by Gasteiger charge is 2.52. The van der Waals surface area contributed by atoms with Gasteiger partial charge in [0.2, 0.25) is 11.8 Å². The van der Waals surface area contributed by atoms with E-state index in [4.69, 9.17) is 9.47 Å². The highest BCUT2D eigenvalue weighted by molar-refractivity contribution is 6.01. The summed E-state index contributed by atoms with van der Waals surface area (Å²) in [6, 6.07) is 5.41. The van der Waals surface area contributed by atoms with E-state index in [0.29, 0.717) is 23.7 Å². The normalized spacial score (nSPS) is 35.1. The molecule has 0 aromatic heterocycles. The van der Waals surface area contributed by atoms with Gasteiger partial charge in [-0.1, -0.05) is 0 Å². The van der Waals surface area contributed by atoms with E-state index >= 15 is 0 Å². The minimum atomic E-state index is -0.303. The molecule has 0 unspecified atom stereocenters. The highest BCUT2D eigenvalue weighted by atomic mass is 16.5. The van der Waals surface area contributed by atoms with Crippen molar-refractivity contribution in [3.8, 4) is 11.5 Å². The summed E-state index contributed by atoms with van der Waals surface area (Å²) in [5, 5.41) is 3.44. The molecule has 1 aromatic rings. The molecule has 0 spiro atoms. The molecule has 156 valence electrons. The van der Waals surface area contributed by atoms with Crippen molar-refractivity contribution in [2.45, 2.75) is 50.5 Å². The Labute approximate surface area is 171 Å². The van der Waals surface area contributed by atoms with Crippen LogP contribution in [0.15, 0.2) is 18.2 Å². The van der Waals surface area contributed by atoms with E-state index in [9.17, 15) is 9.59 Å². The molecule has 1 atom stereocenters. The van der Waals surface area contributed by atoms with Crippen molar-refractivity contribution in [3.63, 3.8) is 0 Å². The largest absolute Gasteiger partial charge is 0.497 e. The number of methoxy groups -OCH3 is 2. The van der Waals surface area contributed by atoms with E-state index in [1.165, 1.54) is 19.3 Å². The minimum absolute atomic E-state index is 0.0138. The van der Waals surface area contributed by atoms with Gasteiger partial charge in [-0.25, -0.2) is 0 Å². The lowest BCUT2D eigenvalue weighted by Gasteiger charge is -2.57. The quantitative estimate of drug-likeness (QED) is 0.827. The molecule has 5 fully saturated rings. The van der Waals surface area contributed by atoms with Crippen molar-refractivity contribution in [2.24, 2.45) is 23.7 Å². The second kappa shape index (κ2) is 6.92. The number of rotatable bonds is 5. The smallest absolute Gasteiger partial charge is 0.227 e. The minimum Gasteiger partial charge on any atom is -0.497 e. The topological polar surface area (TPSA) is 67.9 Å². The third-order valence-electron chi connectivity index (χ3n) is 7.60. The number of hydrogen-bond acceptors (Lipinski definition) is 4. The Bertz CT molecular complexity index is 801. The fourth-order valence-corrected chi connectivity index (χ4v) is 6.75. The van der Waals surface area contributed by atoms with Crippen molar-refractivity contribution in [2.75, 3.05) is 25.7 Å². The van der Waals surface area contributed by atoms with E-state index < -0.39 is 0 Å². The molecule has 4 bridgehead atoms. The van der Waals surface area contributed by atoms with Gasteiger partial charge in [0, 0.05) is 24.6 Å². The molecular formula is C23H30N2O4. The third-order valence-corrected chi connectivity index (χ3v) is 7.60. The summed E-state index contributed by atoms with van der Waals surface area (Å²) >= 11 is 0. The summed E-state index contributed by atoms with van der Waals surface area (Å²) in [5.74, 6) is 3.33. The number of amides is 2. The van der Waals surface area contributed by atoms with Crippen LogP contribution in [0.3, 0.4) is 0 Å². The summed E-state index contributed by atoms with van der Waals surface area (Å²) in [6.07, 6.45) is 7.68. The lowest BCUT2D eigenvalue weighted by Crippen LogP contribution is -2.60. The van der Waals surface area contributed by atoms with Gasteiger partial charge in [0.15, 0.2) is 0 Å². The molecule has 0 radical (unpaired) electrons. The van der Waals surface area contributed by atoms with E-state index in [2.05, 4.69) is 5.32 Å². The van der Waals surface area contributed by atoms with E-state index in [0.717, 1.165) is 37.0 Å². The second-order valence-corrected chi connectivity index (χ2v) is 9.63. The Balaban J connectivity index is 1.30. The molecule has 4 aliphatic carbocycles. The Kier molecular flexibility index (Phi) is 4.48. The van der Waals surface area contributed by atoms with Gasteiger partial charge in [-0.15, -0.1) is 0 Å². The highest BCUT2D eigenvalue weighted by Crippen LogP contribution is 2.55. The summed E-state index contributed by atoms with van der Waals surface area (Å²) < 4.78 is 10.7. The predicted molar refractivity (Wildman–Crippen MR) is 109 cm³/mol. The van der Waals surface area contributed by atoms with Crippen LogP contribution in [0.25, 0.3) is 0 Å². The Morgan fingerprint density at radius 2 is 1.72 bits per heavy atom. The number of nitrogens with zero attached hydrogens (tertiary/aromatic N) is 1. The van der Waals surface area contributed by atoms with Crippen LogP contribution in [-0.4, -0.2) is 38.1 Å². The summed E-state index contributed by atoms with van der Waals surface area (Å²) in [6.45, 7) is 0.403. The van der Waals surface area contributed by atoms with Gasteiger partial charge in [0.1, 0.15) is 11.5 Å². The zero-order valence-corrected chi connectivity index (χ0v) is 17.3. The first kappa shape index (κ1) is 18.8. The lowest BCUT2D eigenvalue weighted by atomic mass is 9.53. The fourth-order valence-electron chi connectivity index (χ4n) is 6.75. The number of hydrogen-bond donors (Lipinski definition) is 1. The zero-order valence-electron chi connectivity index (χ0n) is 17.3. The maximum atomic E-state index is 13.2. The third kappa shape index (κ3) is 3.26. The van der Waals surface area contributed by atoms with Crippen LogP contribution in [-0.2, 0) is 9.59 Å². The summed E-state index contributed by atoms with van der Waals surface area (Å²) in [4.78, 5) is 27.6. The Morgan fingerprint density at radius 1 is 1.07 bits per heavy atom. The number of benzene rings is 1. The monoisotopic (exact) mass is 398 g/mol. The molecule has 5 aliphatic rings. The fraction of sp³-hybridized carbons (Fsp3) is 0.652. The first-order valence-electron chi connectivity index (χ1n) is 10.8. The van der Waals surface area contributed by atoms with Gasteiger partial charge in [-0.05, 0) is 68.4 Å². The van der Waals surface area contributed by atoms with Crippen LogP contribution in [0.4, 0.5) is 5.69 Å². The Hall–Kier alpha value is -2.24. The van der Waals surface area contributed by atoms with Crippen molar-refractivity contribution in [3.05, 3.63) is 18.2 Å². The van der Waals surface area contributed by atoms with Crippen LogP contribution >= 0.6 is 0 Å². The summed E-state index contributed by atoms with van der Waals surface area (Å²) in [7, 11) is 3.18. The average molecular weight is 399 g/mol. The molecule has 1 heterocycles. The average Bonchev–Trinajstić information content (AvgIpc) is 3.07. The SMILES string of the molecule is COc1ccc(N2C[C@H](C(=O)NC34CC5CC(CC(C5)C3)C4)CC2=O)c(OC)c1. The van der Waals surface area contributed by atoms with Gasteiger partial charge < -0.3 is 19.7 Å². The molecule has 6 nitrogen and oxygen atoms in total. The van der Waals surface area contributed by atoms with E-state index in [-0.39, 0.29) is 29.7 Å². The van der Waals surface area contributed by atoms with Crippen LogP contribution < -0.4 is 19.7 Å². The first-order chi connectivity index (χ1) is 14.0. The molecule has 1 saturated heterocycles. The maximum Gasteiger partial charge on any atom is 0.227 e. The van der Waals surface area contributed by atoms with Crippen molar-refractivity contribution in [1.82, 2.24) is 5.32 Å². The van der Waals surface area contributed by atoms with Crippen molar-refractivity contribution in [1.29, 1.82) is 0 Å². The van der Waals surface area contributed by atoms with Gasteiger partial charge in [0.25, 0.3) is 0 Å². The lowest BCUT2D eigenvalue weighted by molar-refractivity contribution is -0.131.